The van der Waals surface area contributed by atoms with E-state index in [1.165, 1.54) is 6.08 Å². The number of nitrogens with one attached hydrogen (secondary N) is 1. The molecule has 0 aliphatic rings. The standard InChI is InChI=1S/C10H7BrN2O2/c11-9-6(2-4-8(14)15)1-3-7-10(9)13-5-12-7/h1-5H,(H,12,13)(H,14,15). The van der Waals surface area contributed by atoms with Crippen LogP contribution in [0.2, 0.25) is 0 Å². The Labute approximate surface area is 93.8 Å². The molecule has 1 aromatic carbocycles. The van der Waals surface area contributed by atoms with E-state index in [0.717, 1.165) is 27.1 Å². The molecule has 2 aromatic rings. The molecule has 0 atom stereocenters. The molecule has 0 aliphatic carbocycles. The Morgan fingerprint density at radius 3 is 3.07 bits per heavy atom. The summed E-state index contributed by atoms with van der Waals surface area (Å²) in [6.45, 7) is 0. The van der Waals surface area contributed by atoms with Crippen molar-refractivity contribution in [1.29, 1.82) is 0 Å². The number of H-pyrrole nitrogens is 1. The first-order valence-electron chi connectivity index (χ1n) is 4.21. The van der Waals surface area contributed by atoms with Gasteiger partial charge in [-0.1, -0.05) is 6.07 Å². The molecule has 2 N–H and O–H groups in total. The topological polar surface area (TPSA) is 66.0 Å². The minimum atomic E-state index is -0.968. The molecule has 0 fully saturated rings. The highest BCUT2D eigenvalue weighted by molar-refractivity contribution is 9.10. The predicted octanol–water partition coefficient (Wildman–Crippen LogP) is 2.42. The summed E-state index contributed by atoms with van der Waals surface area (Å²) in [6, 6.07) is 3.68. The molecular formula is C10H7BrN2O2. The van der Waals surface area contributed by atoms with Gasteiger partial charge in [0, 0.05) is 6.08 Å². The molecule has 0 radical (unpaired) electrons. The lowest BCUT2D eigenvalue weighted by Crippen LogP contribution is -1.86. The highest BCUT2D eigenvalue weighted by Gasteiger charge is 2.04. The van der Waals surface area contributed by atoms with Crippen LogP contribution in [0.15, 0.2) is 29.0 Å². The zero-order valence-electron chi connectivity index (χ0n) is 7.57. The highest BCUT2D eigenvalue weighted by atomic mass is 79.9. The molecule has 0 unspecified atom stereocenters. The van der Waals surface area contributed by atoms with E-state index >= 15 is 0 Å². The van der Waals surface area contributed by atoms with Crippen molar-refractivity contribution in [2.24, 2.45) is 0 Å². The van der Waals surface area contributed by atoms with Gasteiger partial charge in [-0.3, -0.25) is 0 Å². The van der Waals surface area contributed by atoms with E-state index in [-0.39, 0.29) is 0 Å². The number of carboxylic acids is 1. The van der Waals surface area contributed by atoms with E-state index in [4.69, 9.17) is 5.11 Å². The molecule has 0 bridgehead atoms. The quantitative estimate of drug-likeness (QED) is 0.821. The summed E-state index contributed by atoms with van der Waals surface area (Å²) in [5.41, 5.74) is 2.49. The van der Waals surface area contributed by atoms with Crippen molar-refractivity contribution in [3.05, 3.63) is 34.6 Å². The first-order valence-corrected chi connectivity index (χ1v) is 5.00. The zero-order valence-corrected chi connectivity index (χ0v) is 9.15. The maximum Gasteiger partial charge on any atom is 0.328 e. The average molecular weight is 267 g/mol. The molecule has 0 aliphatic heterocycles. The summed E-state index contributed by atoms with van der Waals surface area (Å²) in [6.07, 6.45) is 4.22. The van der Waals surface area contributed by atoms with Crippen LogP contribution in [0.25, 0.3) is 17.1 Å². The summed E-state index contributed by atoms with van der Waals surface area (Å²) in [5, 5.41) is 8.52. The van der Waals surface area contributed by atoms with Gasteiger partial charge in [0.1, 0.15) is 5.52 Å². The number of carboxylic acid groups (broad SMARTS) is 1. The van der Waals surface area contributed by atoms with Gasteiger partial charge in [-0.2, -0.15) is 0 Å². The fraction of sp³-hybridized carbons (Fsp3) is 0. The minimum absolute atomic E-state index is 0.789. The number of hydrogen-bond acceptors (Lipinski definition) is 2. The SMILES string of the molecule is O=C(O)C=Cc1ccc2[nH]cnc2c1Br. The number of hydrogen-bond donors (Lipinski definition) is 2. The average Bonchev–Trinajstić information content (AvgIpc) is 2.65. The fourth-order valence-corrected chi connectivity index (χ4v) is 1.86. The van der Waals surface area contributed by atoms with Gasteiger partial charge in [0.05, 0.1) is 16.3 Å². The Balaban J connectivity index is 2.52. The molecule has 15 heavy (non-hydrogen) atoms. The zero-order chi connectivity index (χ0) is 10.8. The lowest BCUT2D eigenvalue weighted by Gasteiger charge is -1.98. The summed E-state index contributed by atoms with van der Waals surface area (Å²) in [4.78, 5) is 17.5. The highest BCUT2D eigenvalue weighted by Crippen LogP contribution is 2.26. The van der Waals surface area contributed by atoms with E-state index in [1.54, 1.807) is 6.33 Å². The fourth-order valence-electron chi connectivity index (χ4n) is 1.28. The molecular weight excluding hydrogens is 260 g/mol. The van der Waals surface area contributed by atoms with Crippen LogP contribution in [0, 0.1) is 0 Å². The van der Waals surface area contributed by atoms with Gasteiger partial charge in [0.25, 0.3) is 0 Å². The Morgan fingerprint density at radius 1 is 1.53 bits per heavy atom. The molecule has 1 heterocycles. The third kappa shape index (κ3) is 1.92. The van der Waals surface area contributed by atoms with Gasteiger partial charge < -0.3 is 10.1 Å². The monoisotopic (exact) mass is 266 g/mol. The summed E-state index contributed by atoms with van der Waals surface area (Å²) in [7, 11) is 0. The summed E-state index contributed by atoms with van der Waals surface area (Å²) >= 11 is 3.38. The molecule has 4 nitrogen and oxygen atoms in total. The number of nitrogens with zero attached hydrogens (tertiary/aromatic N) is 1. The third-order valence-electron chi connectivity index (χ3n) is 1.97. The van der Waals surface area contributed by atoms with Gasteiger partial charge in [-0.25, -0.2) is 9.78 Å². The number of imidazole rings is 1. The number of halogens is 1. The lowest BCUT2D eigenvalue weighted by molar-refractivity contribution is -0.131. The number of aromatic amines is 1. The van der Waals surface area contributed by atoms with E-state index in [1.807, 2.05) is 12.1 Å². The van der Waals surface area contributed by atoms with Gasteiger partial charge in [0.15, 0.2) is 0 Å². The Bertz CT molecular complexity index is 545. The van der Waals surface area contributed by atoms with Gasteiger partial charge in [-0.15, -0.1) is 0 Å². The molecule has 0 saturated carbocycles. The van der Waals surface area contributed by atoms with Crippen molar-refractivity contribution in [2.75, 3.05) is 0 Å². The molecule has 1 aromatic heterocycles. The second-order valence-corrected chi connectivity index (χ2v) is 3.73. The van der Waals surface area contributed by atoms with Crippen LogP contribution >= 0.6 is 15.9 Å². The Kier molecular flexibility index (Phi) is 2.55. The van der Waals surface area contributed by atoms with E-state index in [2.05, 4.69) is 25.9 Å². The third-order valence-corrected chi connectivity index (χ3v) is 2.80. The lowest BCUT2D eigenvalue weighted by atomic mass is 10.2. The first kappa shape index (κ1) is 9.92. The smallest absolute Gasteiger partial charge is 0.328 e. The van der Waals surface area contributed by atoms with Gasteiger partial charge >= 0.3 is 5.97 Å². The molecule has 0 amide bonds. The van der Waals surface area contributed by atoms with Crippen LogP contribution in [0.4, 0.5) is 0 Å². The second-order valence-electron chi connectivity index (χ2n) is 2.94. The number of aliphatic carboxylic acids is 1. The number of carbonyl (C=O) groups is 1. The Hall–Kier alpha value is -1.62. The number of rotatable bonds is 2. The van der Waals surface area contributed by atoms with Crippen LogP contribution in [0.5, 0.6) is 0 Å². The first-order chi connectivity index (χ1) is 7.18. The minimum Gasteiger partial charge on any atom is -0.478 e. The van der Waals surface area contributed by atoms with Crippen molar-refractivity contribution in [1.82, 2.24) is 9.97 Å². The van der Waals surface area contributed by atoms with Crippen molar-refractivity contribution in [3.8, 4) is 0 Å². The van der Waals surface area contributed by atoms with Crippen molar-refractivity contribution in [2.45, 2.75) is 0 Å². The maximum atomic E-state index is 10.4. The van der Waals surface area contributed by atoms with Crippen LogP contribution in [-0.4, -0.2) is 21.0 Å². The second kappa shape index (κ2) is 3.86. The van der Waals surface area contributed by atoms with E-state index in [9.17, 15) is 4.79 Å². The van der Waals surface area contributed by atoms with Gasteiger partial charge in [-0.05, 0) is 33.6 Å². The number of benzene rings is 1. The molecule has 5 heteroatoms. The number of fused-ring (bicyclic) bond motifs is 1. The summed E-state index contributed by atoms with van der Waals surface area (Å²) < 4.78 is 0.791. The van der Waals surface area contributed by atoms with Crippen molar-refractivity contribution >= 4 is 39.0 Å². The largest absolute Gasteiger partial charge is 0.478 e. The van der Waals surface area contributed by atoms with E-state index < -0.39 is 5.97 Å². The van der Waals surface area contributed by atoms with Crippen LogP contribution in [-0.2, 0) is 4.79 Å². The summed E-state index contributed by atoms with van der Waals surface area (Å²) in [5.74, 6) is -0.968. The number of aromatic nitrogens is 2. The Morgan fingerprint density at radius 2 is 2.33 bits per heavy atom. The molecule has 0 spiro atoms. The molecule has 0 saturated heterocycles. The molecule has 2 rings (SSSR count). The normalized spacial score (nSPS) is 11.3. The van der Waals surface area contributed by atoms with Crippen molar-refractivity contribution < 1.29 is 9.90 Å². The van der Waals surface area contributed by atoms with Gasteiger partial charge in [0.2, 0.25) is 0 Å². The molecule has 76 valence electrons. The van der Waals surface area contributed by atoms with Crippen LogP contribution in [0.1, 0.15) is 5.56 Å². The predicted molar refractivity (Wildman–Crippen MR) is 60.5 cm³/mol. The van der Waals surface area contributed by atoms with Crippen LogP contribution in [0.3, 0.4) is 0 Å². The van der Waals surface area contributed by atoms with Crippen molar-refractivity contribution in [3.63, 3.8) is 0 Å². The van der Waals surface area contributed by atoms with Crippen LogP contribution < -0.4 is 0 Å². The van der Waals surface area contributed by atoms with E-state index in [0.29, 0.717) is 0 Å². The maximum absolute atomic E-state index is 10.4.